The fourth-order valence-corrected chi connectivity index (χ4v) is 4.69. The zero-order valence-corrected chi connectivity index (χ0v) is 15.3. The van der Waals surface area contributed by atoms with Gasteiger partial charge in [-0.25, -0.2) is 4.39 Å². The SMILES string of the molecule is O=C1CC[C@@]2(C(=O)Nc3cc(Cl)ccc32)[C@H](Cc2cccc(Cl)c2F)C1. The van der Waals surface area contributed by atoms with Gasteiger partial charge in [-0.2, -0.15) is 0 Å². The molecule has 1 amide bonds. The van der Waals surface area contributed by atoms with Gasteiger partial charge in [-0.1, -0.05) is 41.4 Å². The Bertz CT molecular complexity index is 930. The van der Waals surface area contributed by atoms with Crippen molar-refractivity contribution in [2.24, 2.45) is 5.92 Å². The molecule has 1 aliphatic carbocycles. The monoisotopic (exact) mass is 391 g/mol. The number of halogens is 3. The Hall–Kier alpha value is -1.91. The molecule has 2 atom stereocenters. The Kier molecular flexibility index (Phi) is 4.28. The van der Waals surface area contributed by atoms with Gasteiger partial charge < -0.3 is 5.32 Å². The number of hydrogen-bond donors (Lipinski definition) is 1. The van der Waals surface area contributed by atoms with E-state index in [1.165, 1.54) is 6.07 Å². The summed E-state index contributed by atoms with van der Waals surface area (Å²) in [5.41, 5.74) is 1.09. The summed E-state index contributed by atoms with van der Waals surface area (Å²) >= 11 is 12.0. The van der Waals surface area contributed by atoms with Gasteiger partial charge in [0.15, 0.2) is 0 Å². The summed E-state index contributed by atoms with van der Waals surface area (Å²) in [7, 11) is 0. The van der Waals surface area contributed by atoms with Gasteiger partial charge in [-0.15, -0.1) is 0 Å². The van der Waals surface area contributed by atoms with Gasteiger partial charge >= 0.3 is 0 Å². The van der Waals surface area contributed by atoms with Crippen LogP contribution in [0.5, 0.6) is 0 Å². The molecule has 1 spiro atoms. The molecule has 0 saturated heterocycles. The molecule has 134 valence electrons. The van der Waals surface area contributed by atoms with Crippen molar-refractivity contribution in [3.8, 4) is 0 Å². The number of carbonyl (C=O) groups is 2. The summed E-state index contributed by atoms with van der Waals surface area (Å²) in [6, 6.07) is 10.1. The Morgan fingerprint density at radius 3 is 2.81 bits per heavy atom. The summed E-state index contributed by atoms with van der Waals surface area (Å²) in [6.45, 7) is 0. The number of hydrogen-bond acceptors (Lipinski definition) is 2. The van der Waals surface area contributed by atoms with Crippen LogP contribution in [0.1, 0.15) is 30.4 Å². The average molecular weight is 392 g/mol. The first-order chi connectivity index (χ1) is 12.4. The predicted octanol–water partition coefficient (Wildman–Crippen LogP) is 4.93. The lowest BCUT2D eigenvalue weighted by molar-refractivity contribution is -0.129. The van der Waals surface area contributed by atoms with Gasteiger partial charge in [0.2, 0.25) is 5.91 Å². The van der Waals surface area contributed by atoms with Crippen LogP contribution in [0.15, 0.2) is 36.4 Å². The summed E-state index contributed by atoms with van der Waals surface area (Å²) in [4.78, 5) is 25.1. The molecule has 0 radical (unpaired) electrons. The van der Waals surface area contributed by atoms with Crippen molar-refractivity contribution in [3.63, 3.8) is 0 Å². The highest BCUT2D eigenvalue weighted by molar-refractivity contribution is 6.31. The number of nitrogens with one attached hydrogen (secondary N) is 1. The molecular weight excluding hydrogens is 376 g/mol. The first-order valence-corrected chi connectivity index (χ1v) is 9.23. The third-order valence-corrected chi connectivity index (χ3v) is 6.11. The Morgan fingerprint density at radius 1 is 1.19 bits per heavy atom. The second-order valence-electron chi connectivity index (χ2n) is 6.97. The van der Waals surface area contributed by atoms with E-state index in [1.807, 2.05) is 6.07 Å². The minimum absolute atomic E-state index is 0.0433. The predicted molar refractivity (Wildman–Crippen MR) is 99.2 cm³/mol. The van der Waals surface area contributed by atoms with Crippen LogP contribution in [0.25, 0.3) is 0 Å². The third-order valence-electron chi connectivity index (χ3n) is 5.58. The maximum Gasteiger partial charge on any atom is 0.235 e. The van der Waals surface area contributed by atoms with Gasteiger partial charge in [-0.3, -0.25) is 9.59 Å². The molecule has 2 aromatic carbocycles. The van der Waals surface area contributed by atoms with E-state index in [2.05, 4.69) is 5.32 Å². The smallest absolute Gasteiger partial charge is 0.235 e. The van der Waals surface area contributed by atoms with Crippen molar-refractivity contribution in [2.75, 3.05) is 5.32 Å². The second kappa shape index (κ2) is 6.36. The van der Waals surface area contributed by atoms with E-state index in [0.717, 1.165) is 5.56 Å². The number of amides is 1. The van der Waals surface area contributed by atoms with Crippen molar-refractivity contribution in [2.45, 2.75) is 31.1 Å². The third kappa shape index (κ3) is 2.63. The van der Waals surface area contributed by atoms with Crippen LogP contribution in [0.2, 0.25) is 10.0 Å². The normalized spacial score (nSPS) is 24.7. The highest BCUT2D eigenvalue weighted by atomic mass is 35.5. The topological polar surface area (TPSA) is 46.2 Å². The molecular formula is C20H16Cl2FNO2. The van der Waals surface area contributed by atoms with Crippen LogP contribution in [0.3, 0.4) is 0 Å². The minimum Gasteiger partial charge on any atom is -0.325 e. The van der Waals surface area contributed by atoms with Crippen LogP contribution in [-0.2, 0) is 21.4 Å². The zero-order chi connectivity index (χ0) is 18.5. The number of anilines is 1. The van der Waals surface area contributed by atoms with E-state index in [0.29, 0.717) is 29.1 Å². The standard InChI is InChI=1S/C20H16Cl2FNO2/c21-13-4-5-15-17(10-13)24-19(26)20(15)7-6-14(25)9-12(20)8-11-2-1-3-16(22)18(11)23/h1-5,10,12H,6-9H2,(H,24,26)/t12-,20-/m1/s1. The van der Waals surface area contributed by atoms with Crippen LogP contribution < -0.4 is 5.32 Å². The highest BCUT2D eigenvalue weighted by Gasteiger charge is 2.54. The first kappa shape index (κ1) is 17.5. The molecule has 1 fully saturated rings. The largest absolute Gasteiger partial charge is 0.325 e. The van der Waals surface area contributed by atoms with Crippen LogP contribution in [-0.4, -0.2) is 11.7 Å². The molecule has 0 aromatic heterocycles. The average Bonchev–Trinajstić information content (AvgIpc) is 2.87. The van der Waals surface area contributed by atoms with Crippen LogP contribution in [0, 0.1) is 11.7 Å². The molecule has 2 aliphatic rings. The Morgan fingerprint density at radius 2 is 2.00 bits per heavy atom. The molecule has 6 heteroatoms. The van der Waals surface area contributed by atoms with Crippen LogP contribution in [0.4, 0.5) is 10.1 Å². The molecule has 1 aliphatic heterocycles. The maximum absolute atomic E-state index is 14.4. The molecule has 4 rings (SSSR count). The minimum atomic E-state index is -0.845. The fourth-order valence-electron chi connectivity index (χ4n) is 4.33. The lowest BCUT2D eigenvalue weighted by Gasteiger charge is -2.39. The van der Waals surface area contributed by atoms with E-state index < -0.39 is 11.2 Å². The number of ketones is 1. The summed E-state index contributed by atoms with van der Waals surface area (Å²) in [5.74, 6) is -0.871. The van der Waals surface area contributed by atoms with Gasteiger partial charge in [-0.05, 0) is 48.1 Å². The van der Waals surface area contributed by atoms with Crippen molar-refractivity contribution in [3.05, 3.63) is 63.4 Å². The summed E-state index contributed by atoms with van der Waals surface area (Å²) in [6.07, 6.45) is 1.26. The van der Waals surface area contributed by atoms with Crippen LogP contribution >= 0.6 is 23.2 Å². The molecule has 1 N–H and O–H groups in total. The van der Waals surface area contributed by atoms with E-state index in [4.69, 9.17) is 23.2 Å². The van der Waals surface area contributed by atoms with Crippen molar-refractivity contribution in [1.29, 1.82) is 0 Å². The maximum atomic E-state index is 14.4. The number of carbonyl (C=O) groups excluding carboxylic acids is 2. The first-order valence-electron chi connectivity index (χ1n) is 8.48. The number of Topliss-reactive ketones (excluding diaryl/α,β-unsaturated/α-hetero) is 1. The van der Waals surface area contributed by atoms with Gasteiger partial charge in [0.25, 0.3) is 0 Å². The Balaban J connectivity index is 1.80. The molecule has 1 saturated carbocycles. The van der Waals surface area contributed by atoms with Crippen molar-refractivity contribution >= 4 is 40.6 Å². The number of benzene rings is 2. The van der Waals surface area contributed by atoms with Gasteiger partial charge in [0, 0.05) is 23.6 Å². The lowest BCUT2D eigenvalue weighted by atomic mass is 9.61. The summed E-state index contributed by atoms with van der Waals surface area (Å²) in [5, 5.41) is 3.48. The lowest BCUT2D eigenvalue weighted by Crippen LogP contribution is -2.47. The molecule has 0 bridgehead atoms. The van der Waals surface area contributed by atoms with E-state index in [1.54, 1.807) is 24.3 Å². The van der Waals surface area contributed by atoms with Gasteiger partial charge in [0.1, 0.15) is 11.6 Å². The van der Waals surface area contributed by atoms with Crippen molar-refractivity contribution in [1.82, 2.24) is 0 Å². The summed E-state index contributed by atoms with van der Waals surface area (Å²) < 4.78 is 14.4. The van der Waals surface area contributed by atoms with E-state index in [-0.39, 0.29) is 35.5 Å². The Labute approximate surface area is 160 Å². The van der Waals surface area contributed by atoms with E-state index in [9.17, 15) is 14.0 Å². The zero-order valence-electron chi connectivity index (χ0n) is 13.8. The van der Waals surface area contributed by atoms with Crippen molar-refractivity contribution < 1.29 is 14.0 Å². The van der Waals surface area contributed by atoms with Gasteiger partial charge in [0.05, 0.1) is 10.4 Å². The molecule has 26 heavy (non-hydrogen) atoms. The molecule has 3 nitrogen and oxygen atoms in total. The number of rotatable bonds is 2. The number of fused-ring (bicyclic) bond motifs is 2. The second-order valence-corrected chi connectivity index (χ2v) is 7.82. The highest BCUT2D eigenvalue weighted by Crippen LogP contribution is 2.51. The molecule has 1 heterocycles. The molecule has 2 aromatic rings. The molecule has 0 unspecified atom stereocenters. The quantitative estimate of drug-likeness (QED) is 0.788. The van der Waals surface area contributed by atoms with E-state index >= 15 is 0 Å². The fraction of sp³-hybridized carbons (Fsp3) is 0.300.